The molecule has 1 N–H and O–H groups in total. The monoisotopic (exact) mass is 353 g/mol. The molecule has 0 radical (unpaired) electrons. The molecule has 1 aliphatic heterocycles. The molecule has 6 nitrogen and oxygen atoms in total. The third-order valence-corrected chi connectivity index (χ3v) is 4.50. The second kappa shape index (κ2) is 8.38. The lowest BCUT2D eigenvalue weighted by Gasteiger charge is -2.36. The van der Waals surface area contributed by atoms with E-state index in [1.54, 1.807) is 24.3 Å². The molecule has 1 fully saturated rings. The van der Waals surface area contributed by atoms with Crippen molar-refractivity contribution in [1.29, 1.82) is 0 Å². The molecule has 0 atom stereocenters. The normalized spacial score (nSPS) is 14.0. The zero-order chi connectivity index (χ0) is 18.4. The molecule has 1 aliphatic rings. The largest absolute Gasteiger partial charge is 0.465 e. The average molecular weight is 353 g/mol. The van der Waals surface area contributed by atoms with Crippen molar-refractivity contribution in [3.8, 4) is 0 Å². The minimum Gasteiger partial charge on any atom is -0.465 e. The Morgan fingerprint density at radius 1 is 0.962 bits per heavy atom. The second-order valence-corrected chi connectivity index (χ2v) is 6.13. The zero-order valence-corrected chi connectivity index (χ0v) is 14.9. The number of nitrogens with zero attached hydrogens (tertiary/aromatic N) is 2. The molecule has 1 saturated heterocycles. The van der Waals surface area contributed by atoms with Crippen LogP contribution in [0.3, 0.4) is 0 Å². The summed E-state index contributed by atoms with van der Waals surface area (Å²) in [5.74, 6) is -0.293. The molecule has 0 spiro atoms. The number of amides is 1. The fraction of sp³-hybridized carbons (Fsp3) is 0.300. The predicted octanol–water partition coefficient (Wildman–Crippen LogP) is 2.23. The lowest BCUT2D eigenvalue weighted by atomic mass is 10.2. The number of ether oxygens (including phenoxy) is 1. The Morgan fingerprint density at radius 2 is 1.62 bits per heavy atom. The van der Waals surface area contributed by atoms with Crippen LogP contribution in [0.5, 0.6) is 0 Å². The van der Waals surface area contributed by atoms with E-state index >= 15 is 0 Å². The topological polar surface area (TPSA) is 61.9 Å². The number of esters is 1. The van der Waals surface area contributed by atoms with Gasteiger partial charge in [-0.2, -0.15) is 0 Å². The first kappa shape index (κ1) is 17.8. The Hall–Kier alpha value is -3.02. The molecule has 26 heavy (non-hydrogen) atoms. The molecule has 3 rings (SSSR count). The van der Waals surface area contributed by atoms with E-state index in [0.717, 1.165) is 31.9 Å². The summed E-state index contributed by atoms with van der Waals surface area (Å²) in [5, 5.41) is 3.11. The first-order valence-corrected chi connectivity index (χ1v) is 8.67. The van der Waals surface area contributed by atoms with Gasteiger partial charge in [-0.15, -0.1) is 0 Å². The standard InChI is InChI=1S/C20H23N3O3/c1-26-20(25)16-7-9-17(10-8-16)21-15-19(24)23-13-11-22(12-14-23)18-5-3-2-4-6-18/h2-10,21H,11-15H2,1H3. The van der Waals surface area contributed by atoms with Crippen molar-refractivity contribution < 1.29 is 14.3 Å². The summed E-state index contributed by atoms with van der Waals surface area (Å²) >= 11 is 0. The quantitative estimate of drug-likeness (QED) is 0.836. The van der Waals surface area contributed by atoms with Gasteiger partial charge in [-0.05, 0) is 36.4 Å². The number of rotatable bonds is 5. The van der Waals surface area contributed by atoms with Crippen molar-refractivity contribution in [3.05, 3.63) is 60.2 Å². The molecule has 0 bridgehead atoms. The van der Waals surface area contributed by atoms with Gasteiger partial charge < -0.3 is 19.9 Å². The van der Waals surface area contributed by atoms with Crippen LogP contribution in [0.25, 0.3) is 0 Å². The number of anilines is 2. The van der Waals surface area contributed by atoms with Crippen molar-refractivity contribution in [2.75, 3.05) is 50.1 Å². The van der Waals surface area contributed by atoms with Crippen LogP contribution < -0.4 is 10.2 Å². The summed E-state index contributed by atoms with van der Waals surface area (Å²) in [5.41, 5.74) is 2.48. The van der Waals surface area contributed by atoms with Gasteiger partial charge in [0.25, 0.3) is 0 Å². The van der Waals surface area contributed by atoms with E-state index < -0.39 is 0 Å². The number of nitrogens with one attached hydrogen (secondary N) is 1. The fourth-order valence-corrected chi connectivity index (χ4v) is 2.98. The van der Waals surface area contributed by atoms with E-state index in [0.29, 0.717) is 5.56 Å². The summed E-state index contributed by atoms with van der Waals surface area (Å²) in [6, 6.07) is 17.2. The number of carbonyl (C=O) groups excluding carboxylic acids is 2. The summed E-state index contributed by atoms with van der Waals surface area (Å²) in [6.07, 6.45) is 0. The highest BCUT2D eigenvalue weighted by atomic mass is 16.5. The molecule has 1 heterocycles. The Labute approximate surface area is 153 Å². The maximum atomic E-state index is 12.4. The summed E-state index contributed by atoms with van der Waals surface area (Å²) in [6.45, 7) is 3.35. The van der Waals surface area contributed by atoms with Gasteiger partial charge in [0.2, 0.25) is 5.91 Å². The highest BCUT2D eigenvalue weighted by Crippen LogP contribution is 2.16. The van der Waals surface area contributed by atoms with Crippen LogP contribution in [-0.4, -0.2) is 56.6 Å². The van der Waals surface area contributed by atoms with Crippen LogP contribution in [0, 0.1) is 0 Å². The maximum Gasteiger partial charge on any atom is 0.337 e. The lowest BCUT2D eigenvalue weighted by molar-refractivity contribution is -0.129. The van der Waals surface area contributed by atoms with Gasteiger partial charge >= 0.3 is 5.97 Å². The molecule has 0 aliphatic carbocycles. The molecule has 1 amide bonds. The number of piperazine rings is 1. The second-order valence-electron chi connectivity index (χ2n) is 6.13. The Balaban J connectivity index is 1.46. The highest BCUT2D eigenvalue weighted by Gasteiger charge is 2.20. The number of methoxy groups -OCH3 is 1. The zero-order valence-electron chi connectivity index (χ0n) is 14.9. The molecule has 2 aromatic rings. The van der Waals surface area contributed by atoms with Gasteiger partial charge in [0, 0.05) is 37.6 Å². The van der Waals surface area contributed by atoms with E-state index in [1.807, 2.05) is 23.1 Å². The smallest absolute Gasteiger partial charge is 0.337 e. The van der Waals surface area contributed by atoms with Crippen molar-refractivity contribution in [2.45, 2.75) is 0 Å². The number of hydrogen-bond donors (Lipinski definition) is 1. The SMILES string of the molecule is COC(=O)c1ccc(NCC(=O)N2CCN(c3ccccc3)CC2)cc1. The van der Waals surface area contributed by atoms with Crippen LogP contribution in [0.15, 0.2) is 54.6 Å². The summed E-state index contributed by atoms with van der Waals surface area (Å²) in [4.78, 5) is 28.0. The van der Waals surface area contributed by atoms with Crippen LogP contribution >= 0.6 is 0 Å². The van der Waals surface area contributed by atoms with E-state index in [9.17, 15) is 9.59 Å². The first-order valence-electron chi connectivity index (χ1n) is 8.67. The molecule has 6 heteroatoms. The van der Waals surface area contributed by atoms with Crippen LogP contribution in [-0.2, 0) is 9.53 Å². The van der Waals surface area contributed by atoms with E-state index in [4.69, 9.17) is 0 Å². The number of hydrogen-bond acceptors (Lipinski definition) is 5. The molecular weight excluding hydrogens is 330 g/mol. The molecule has 0 saturated carbocycles. The Morgan fingerprint density at radius 3 is 2.23 bits per heavy atom. The van der Waals surface area contributed by atoms with Gasteiger partial charge in [0.1, 0.15) is 0 Å². The molecule has 2 aromatic carbocycles. The van der Waals surface area contributed by atoms with Crippen molar-refractivity contribution in [3.63, 3.8) is 0 Å². The van der Waals surface area contributed by atoms with E-state index in [1.165, 1.54) is 12.8 Å². The molecule has 0 unspecified atom stereocenters. The number of para-hydroxylation sites is 1. The van der Waals surface area contributed by atoms with Gasteiger partial charge in [-0.1, -0.05) is 18.2 Å². The van der Waals surface area contributed by atoms with Crippen molar-refractivity contribution in [1.82, 2.24) is 4.90 Å². The third-order valence-electron chi connectivity index (χ3n) is 4.50. The van der Waals surface area contributed by atoms with E-state index in [-0.39, 0.29) is 18.4 Å². The average Bonchev–Trinajstić information content (AvgIpc) is 2.72. The predicted molar refractivity (Wildman–Crippen MR) is 102 cm³/mol. The van der Waals surface area contributed by atoms with E-state index in [2.05, 4.69) is 27.1 Å². The Kier molecular flexibility index (Phi) is 5.73. The third kappa shape index (κ3) is 4.33. The Bertz CT molecular complexity index is 739. The summed E-state index contributed by atoms with van der Waals surface area (Å²) < 4.78 is 4.67. The van der Waals surface area contributed by atoms with Crippen molar-refractivity contribution in [2.24, 2.45) is 0 Å². The van der Waals surface area contributed by atoms with Crippen LogP contribution in [0.4, 0.5) is 11.4 Å². The summed E-state index contributed by atoms with van der Waals surface area (Å²) in [7, 11) is 1.35. The first-order chi connectivity index (χ1) is 12.7. The molecule has 136 valence electrons. The van der Waals surface area contributed by atoms with Gasteiger partial charge in [-0.25, -0.2) is 4.79 Å². The van der Waals surface area contributed by atoms with Gasteiger partial charge in [0.05, 0.1) is 19.2 Å². The number of carbonyl (C=O) groups is 2. The highest BCUT2D eigenvalue weighted by molar-refractivity contribution is 5.89. The van der Waals surface area contributed by atoms with Gasteiger partial charge in [0.15, 0.2) is 0 Å². The maximum absolute atomic E-state index is 12.4. The molecular formula is C20H23N3O3. The van der Waals surface area contributed by atoms with Crippen molar-refractivity contribution >= 4 is 23.3 Å². The lowest BCUT2D eigenvalue weighted by Crippen LogP contribution is -2.50. The molecule has 0 aromatic heterocycles. The van der Waals surface area contributed by atoms with Crippen LogP contribution in [0.1, 0.15) is 10.4 Å². The van der Waals surface area contributed by atoms with Crippen LogP contribution in [0.2, 0.25) is 0 Å². The fourth-order valence-electron chi connectivity index (χ4n) is 2.98. The minimum absolute atomic E-state index is 0.0785. The number of benzene rings is 2. The van der Waals surface area contributed by atoms with Gasteiger partial charge in [-0.3, -0.25) is 4.79 Å². The minimum atomic E-state index is -0.371.